The Kier molecular flexibility index (Phi) is 5.24. The van der Waals surface area contributed by atoms with Crippen LogP contribution in [0.1, 0.15) is 44.0 Å². The van der Waals surface area contributed by atoms with Crippen LogP contribution in [0, 0.1) is 6.92 Å². The molecule has 0 bridgehead atoms. The van der Waals surface area contributed by atoms with Gasteiger partial charge in [-0.2, -0.15) is 0 Å². The lowest BCUT2D eigenvalue weighted by Crippen LogP contribution is -2.37. The van der Waals surface area contributed by atoms with Crippen molar-refractivity contribution in [2.24, 2.45) is 0 Å². The standard InChI is InChI=1S/C25H29N5O3S/c1-16-27-22-23(30(16)18-9-7-17(8-10-18)29-14-12-19(31)15-29)21-11-13-26-24(21)28-25(22)34(32,33)20-5-3-2-4-6-20/h2-6,11,13,17-19,31H,7-10,12,14-15H2,1H3,(H,26,28). The average Bonchev–Trinajstić information content (AvgIpc) is 3.57. The monoisotopic (exact) mass is 479 g/mol. The van der Waals surface area contributed by atoms with Crippen LogP contribution < -0.4 is 0 Å². The van der Waals surface area contributed by atoms with E-state index in [1.54, 1.807) is 36.5 Å². The highest BCUT2D eigenvalue weighted by molar-refractivity contribution is 7.91. The smallest absolute Gasteiger partial charge is 0.226 e. The molecular formula is C25H29N5O3S. The van der Waals surface area contributed by atoms with E-state index < -0.39 is 9.84 Å². The molecular weight excluding hydrogens is 450 g/mol. The fraction of sp³-hybridized carbons (Fsp3) is 0.440. The first-order chi connectivity index (χ1) is 16.4. The predicted molar refractivity (Wildman–Crippen MR) is 130 cm³/mol. The molecule has 1 saturated carbocycles. The molecule has 1 saturated heterocycles. The Morgan fingerprint density at radius 3 is 2.44 bits per heavy atom. The molecule has 6 rings (SSSR count). The van der Waals surface area contributed by atoms with E-state index in [1.165, 1.54) is 0 Å². The summed E-state index contributed by atoms with van der Waals surface area (Å²) in [5, 5.41) is 10.8. The molecule has 0 radical (unpaired) electrons. The molecule has 1 unspecified atom stereocenters. The van der Waals surface area contributed by atoms with Gasteiger partial charge in [0.05, 0.1) is 16.5 Å². The fourth-order valence-electron chi connectivity index (χ4n) is 5.88. The average molecular weight is 480 g/mol. The third-order valence-electron chi connectivity index (χ3n) is 7.53. The molecule has 2 N–H and O–H groups in total. The van der Waals surface area contributed by atoms with Gasteiger partial charge in [0.2, 0.25) is 9.84 Å². The van der Waals surface area contributed by atoms with Crippen molar-refractivity contribution < 1.29 is 13.5 Å². The number of aromatic nitrogens is 4. The van der Waals surface area contributed by atoms with Gasteiger partial charge in [0.15, 0.2) is 5.03 Å². The Morgan fingerprint density at radius 2 is 1.74 bits per heavy atom. The van der Waals surface area contributed by atoms with Gasteiger partial charge >= 0.3 is 0 Å². The first-order valence-corrected chi connectivity index (χ1v) is 13.5. The highest BCUT2D eigenvalue weighted by atomic mass is 32.2. The number of hydrogen-bond acceptors (Lipinski definition) is 6. The van der Waals surface area contributed by atoms with Crippen molar-refractivity contribution in [2.45, 2.75) is 67.1 Å². The van der Waals surface area contributed by atoms with Gasteiger partial charge in [-0.3, -0.25) is 4.90 Å². The number of H-pyrrole nitrogens is 1. The number of nitrogens with one attached hydrogen (secondary N) is 1. The lowest BCUT2D eigenvalue weighted by Gasteiger charge is -2.35. The van der Waals surface area contributed by atoms with E-state index in [0.29, 0.717) is 17.2 Å². The number of aliphatic hydroxyl groups is 1. The number of nitrogens with zero attached hydrogens (tertiary/aromatic N) is 4. The van der Waals surface area contributed by atoms with Crippen LogP contribution in [-0.2, 0) is 9.84 Å². The van der Waals surface area contributed by atoms with Crippen molar-refractivity contribution in [1.82, 2.24) is 24.4 Å². The maximum absolute atomic E-state index is 13.6. The van der Waals surface area contributed by atoms with E-state index in [-0.39, 0.29) is 22.1 Å². The maximum atomic E-state index is 13.6. The molecule has 1 aromatic carbocycles. The molecule has 9 heteroatoms. The zero-order chi connectivity index (χ0) is 23.4. The number of aliphatic hydroxyl groups excluding tert-OH is 1. The fourth-order valence-corrected chi connectivity index (χ4v) is 7.22. The molecule has 0 spiro atoms. The van der Waals surface area contributed by atoms with Crippen molar-refractivity contribution in [3.8, 4) is 0 Å². The van der Waals surface area contributed by atoms with Crippen molar-refractivity contribution in [3.05, 3.63) is 48.4 Å². The minimum atomic E-state index is -3.83. The van der Waals surface area contributed by atoms with Crippen molar-refractivity contribution in [3.63, 3.8) is 0 Å². The van der Waals surface area contributed by atoms with Gasteiger partial charge < -0.3 is 14.7 Å². The van der Waals surface area contributed by atoms with E-state index in [0.717, 1.165) is 61.9 Å². The zero-order valence-electron chi connectivity index (χ0n) is 19.2. The lowest BCUT2D eigenvalue weighted by molar-refractivity contribution is 0.132. The number of aryl methyl sites for hydroxylation is 1. The molecule has 4 heterocycles. The van der Waals surface area contributed by atoms with Crippen molar-refractivity contribution >= 4 is 31.9 Å². The molecule has 0 amide bonds. The Bertz CT molecular complexity index is 1450. The molecule has 3 aromatic heterocycles. The molecule has 1 atom stereocenters. The first-order valence-electron chi connectivity index (χ1n) is 12.0. The number of pyridine rings is 1. The number of β-amino-alcohol motifs (C(OH)–C–C–N with tert-alkyl or cyclic N) is 1. The van der Waals surface area contributed by atoms with E-state index in [4.69, 9.17) is 4.98 Å². The SMILES string of the molecule is Cc1nc2c(S(=O)(=O)c3ccccc3)nc3[nH]ccc3c2n1C1CCC(N2CCC(O)C2)CC1. The minimum Gasteiger partial charge on any atom is -0.392 e. The molecule has 2 aliphatic rings. The van der Waals surface area contributed by atoms with Crippen LogP contribution in [0.4, 0.5) is 0 Å². The topological polar surface area (TPSA) is 104 Å². The second kappa shape index (κ2) is 8.18. The predicted octanol–water partition coefficient (Wildman–Crippen LogP) is 3.60. The molecule has 1 aliphatic heterocycles. The number of hydrogen-bond donors (Lipinski definition) is 2. The van der Waals surface area contributed by atoms with Crippen LogP contribution >= 0.6 is 0 Å². The van der Waals surface area contributed by atoms with Gasteiger partial charge in [-0.25, -0.2) is 18.4 Å². The number of fused-ring (bicyclic) bond motifs is 3. The van der Waals surface area contributed by atoms with Gasteiger partial charge in [0, 0.05) is 36.8 Å². The van der Waals surface area contributed by atoms with Gasteiger partial charge in [-0.1, -0.05) is 18.2 Å². The lowest BCUT2D eigenvalue weighted by atomic mass is 9.90. The summed E-state index contributed by atoms with van der Waals surface area (Å²) in [6.07, 6.45) is 6.59. The van der Waals surface area contributed by atoms with Gasteiger partial charge in [-0.15, -0.1) is 0 Å². The Balaban J connectivity index is 1.43. The van der Waals surface area contributed by atoms with Gasteiger partial charge in [0.25, 0.3) is 0 Å². The quantitative estimate of drug-likeness (QED) is 0.463. The summed E-state index contributed by atoms with van der Waals surface area (Å²) in [6.45, 7) is 3.71. The van der Waals surface area contributed by atoms with E-state index in [2.05, 4.69) is 19.4 Å². The van der Waals surface area contributed by atoms with E-state index >= 15 is 0 Å². The molecule has 178 valence electrons. The van der Waals surface area contributed by atoms with Crippen LogP contribution in [0.25, 0.3) is 22.1 Å². The van der Waals surface area contributed by atoms with Crippen LogP contribution in [-0.4, -0.2) is 63.2 Å². The molecule has 8 nitrogen and oxygen atoms in total. The number of sulfone groups is 1. The zero-order valence-corrected chi connectivity index (χ0v) is 20.0. The molecule has 34 heavy (non-hydrogen) atoms. The maximum Gasteiger partial charge on any atom is 0.226 e. The van der Waals surface area contributed by atoms with Gasteiger partial charge in [0.1, 0.15) is 17.0 Å². The number of aromatic amines is 1. The minimum absolute atomic E-state index is 0.00485. The van der Waals surface area contributed by atoms with Crippen molar-refractivity contribution in [1.29, 1.82) is 0 Å². The normalized spacial score (nSPS) is 24.4. The second-order valence-electron chi connectivity index (χ2n) is 9.60. The Labute approximate surface area is 198 Å². The molecule has 2 fully saturated rings. The summed E-state index contributed by atoms with van der Waals surface area (Å²) < 4.78 is 29.4. The first kappa shape index (κ1) is 21.8. The van der Waals surface area contributed by atoms with Crippen LogP contribution in [0.5, 0.6) is 0 Å². The summed E-state index contributed by atoms with van der Waals surface area (Å²) >= 11 is 0. The van der Waals surface area contributed by atoms with E-state index in [9.17, 15) is 13.5 Å². The van der Waals surface area contributed by atoms with Gasteiger partial charge in [-0.05, 0) is 57.2 Å². The number of imidazole rings is 1. The van der Waals surface area contributed by atoms with E-state index in [1.807, 2.05) is 13.0 Å². The Morgan fingerprint density at radius 1 is 1.00 bits per heavy atom. The Hall–Kier alpha value is -2.75. The third-order valence-corrected chi connectivity index (χ3v) is 9.22. The van der Waals surface area contributed by atoms with Crippen LogP contribution in [0.15, 0.2) is 52.5 Å². The summed E-state index contributed by atoms with van der Waals surface area (Å²) in [6, 6.07) is 11.2. The second-order valence-corrected chi connectivity index (χ2v) is 11.5. The summed E-state index contributed by atoms with van der Waals surface area (Å²) in [4.78, 5) is 15.1. The molecule has 4 aromatic rings. The number of likely N-dealkylation sites (tertiary alicyclic amines) is 1. The third kappa shape index (κ3) is 3.45. The van der Waals surface area contributed by atoms with Crippen LogP contribution in [0.3, 0.4) is 0 Å². The molecule has 1 aliphatic carbocycles. The summed E-state index contributed by atoms with van der Waals surface area (Å²) in [5.74, 6) is 0.815. The summed E-state index contributed by atoms with van der Waals surface area (Å²) in [7, 11) is -3.83. The number of rotatable bonds is 4. The number of benzene rings is 1. The highest BCUT2D eigenvalue weighted by Gasteiger charge is 2.33. The largest absolute Gasteiger partial charge is 0.392 e. The van der Waals surface area contributed by atoms with Crippen molar-refractivity contribution in [2.75, 3.05) is 13.1 Å². The highest BCUT2D eigenvalue weighted by Crippen LogP contribution is 2.39. The van der Waals surface area contributed by atoms with Crippen LogP contribution in [0.2, 0.25) is 0 Å². The summed E-state index contributed by atoms with van der Waals surface area (Å²) in [5.41, 5.74) is 1.85.